The van der Waals surface area contributed by atoms with E-state index < -0.39 is 0 Å². The van der Waals surface area contributed by atoms with Gasteiger partial charge in [-0.05, 0) is 30.9 Å². The van der Waals surface area contributed by atoms with Crippen molar-refractivity contribution in [1.29, 1.82) is 0 Å². The van der Waals surface area contributed by atoms with Crippen molar-refractivity contribution in [3.8, 4) is 0 Å². The van der Waals surface area contributed by atoms with Crippen LogP contribution in [-0.4, -0.2) is 24.7 Å². The van der Waals surface area contributed by atoms with E-state index in [1.54, 1.807) is 0 Å². The standard InChI is InChI=1S/C11H18N4O/c12-15-11-3-1-2-10(14-11)13-6-4-9-5-7-16-8-9/h1-3,9H,4-8,12H2,(H2,13,14,15). The van der Waals surface area contributed by atoms with Crippen molar-refractivity contribution in [1.82, 2.24) is 4.98 Å². The molecule has 2 heterocycles. The van der Waals surface area contributed by atoms with E-state index in [1.165, 1.54) is 6.42 Å². The predicted molar refractivity (Wildman–Crippen MR) is 64.1 cm³/mol. The smallest absolute Gasteiger partial charge is 0.142 e. The van der Waals surface area contributed by atoms with E-state index >= 15 is 0 Å². The molecule has 88 valence electrons. The Morgan fingerprint density at radius 1 is 1.44 bits per heavy atom. The monoisotopic (exact) mass is 222 g/mol. The van der Waals surface area contributed by atoms with Crippen LogP contribution in [0.1, 0.15) is 12.8 Å². The van der Waals surface area contributed by atoms with Gasteiger partial charge in [0, 0.05) is 19.8 Å². The van der Waals surface area contributed by atoms with Crippen LogP contribution in [0.25, 0.3) is 0 Å². The van der Waals surface area contributed by atoms with Gasteiger partial charge in [0.05, 0.1) is 0 Å². The average molecular weight is 222 g/mol. The summed E-state index contributed by atoms with van der Waals surface area (Å²) in [4.78, 5) is 4.28. The lowest BCUT2D eigenvalue weighted by Gasteiger charge is -2.09. The number of hydrazine groups is 1. The molecule has 1 aliphatic heterocycles. The average Bonchev–Trinajstić information content (AvgIpc) is 2.82. The molecule has 0 aliphatic carbocycles. The predicted octanol–water partition coefficient (Wildman–Crippen LogP) is 1.21. The van der Waals surface area contributed by atoms with Gasteiger partial charge in [-0.3, -0.25) is 0 Å². The summed E-state index contributed by atoms with van der Waals surface area (Å²) >= 11 is 0. The lowest BCUT2D eigenvalue weighted by Crippen LogP contribution is -2.12. The number of nitrogen functional groups attached to an aromatic ring is 1. The maximum atomic E-state index is 5.33. The molecule has 2 rings (SSSR count). The molecule has 4 N–H and O–H groups in total. The minimum absolute atomic E-state index is 0.675. The molecule has 1 fully saturated rings. The molecule has 0 saturated carbocycles. The van der Waals surface area contributed by atoms with Crippen molar-refractivity contribution >= 4 is 11.6 Å². The van der Waals surface area contributed by atoms with Gasteiger partial charge in [-0.25, -0.2) is 10.8 Å². The summed E-state index contributed by atoms with van der Waals surface area (Å²) in [6.45, 7) is 2.74. The Hall–Kier alpha value is -1.33. The Morgan fingerprint density at radius 3 is 3.06 bits per heavy atom. The fourth-order valence-electron chi connectivity index (χ4n) is 1.83. The molecule has 1 aromatic heterocycles. The summed E-state index contributed by atoms with van der Waals surface area (Å²) in [5.41, 5.74) is 2.53. The second-order valence-electron chi connectivity index (χ2n) is 4.00. The molecule has 16 heavy (non-hydrogen) atoms. The number of anilines is 2. The maximum absolute atomic E-state index is 5.33. The van der Waals surface area contributed by atoms with Crippen molar-refractivity contribution in [3.05, 3.63) is 18.2 Å². The van der Waals surface area contributed by atoms with Crippen LogP contribution in [0.15, 0.2) is 18.2 Å². The SMILES string of the molecule is NNc1cccc(NCCC2CCOC2)n1. The topological polar surface area (TPSA) is 72.2 Å². The molecule has 1 saturated heterocycles. The van der Waals surface area contributed by atoms with Crippen LogP contribution in [0.5, 0.6) is 0 Å². The third-order valence-corrected chi connectivity index (χ3v) is 2.78. The molecule has 5 nitrogen and oxygen atoms in total. The highest BCUT2D eigenvalue weighted by atomic mass is 16.5. The summed E-state index contributed by atoms with van der Waals surface area (Å²) in [5.74, 6) is 7.52. The molecular weight excluding hydrogens is 204 g/mol. The molecule has 0 bridgehead atoms. The van der Waals surface area contributed by atoms with Crippen LogP contribution in [0.4, 0.5) is 11.6 Å². The summed E-state index contributed by atoms with van der Waals surface area (Å²) in [5, 5.41) is 3.28. The van der Waals surface area contributed by atoms with E-state index in [0.717, 1.165) is 32.0 Å². The van der Waals surface area contributed by atoms with Gasteiger partial charge in [0.15, 0.2) is 0 Å². The molecule has 1 atom stereocenters. The fraction of sp³-hybridized carbons (Fsp3) is 0.545. The number of hydrogen-bond acceptors (Lipinski definition) is 5. The van der Waals surface area contributed by atoms with Crippen molar-refractivity contribution < 1.29 is 4.74 Å². The largest absolute Gasteiger partial charge is 0.381 e. The first-order valence-electron chi connectivity index (χ1n) is 5.64. The quantitative estimate of drug-likeness (QED) is 0.516. The van der Waals surface area contributed by atoms with Crippen molar-refractivity contribution in [3.63, 3.8) is 0 Å². The number of pyridine rings is 1. The second kappa shape index (κ2) is 5.67. The van der Waals surface area contributed by atoms with E-state index in [-0.39, 0.29) is 0 Å². The Balaban J connectivity index is 1.75. The third kappa shape index (κ3) is 3.08. The van der Waals surface area contributed by atoms with Gasteiger partial charge in [0.1, 0.15) is 11.6 Å². The highest BCUT2D eigenvalue weighted by molar-refractivity contribution is 5.44. The molecule has 0 amide bonds. The Kier molecular flexibility index (Phi) is 3.96. The zero-order valence-electron chi connectivity index (χ0n) is 9.28. The fourth-order valence-corrected chi connectivity index (χ4v) is 1.83. The molecule has 1 aliphatic rings. The summed E-state index contributed by atoms with van der Waals surface area (Å²) in [6, 6.07) is 5.69. The molecule has 5 heteroatoms. The summed E-state index contributed by atoms with van der Waals surface area (Å²) in [7, 11) is 0. The van der Waals surface area contributed by atoms with Crippen molar-refractivity contribution in [2.45, 2.75) is 12.8 Å². The maximum Gasteiger partial charge on any atom is 0.142 e. The van der Waals surface area contributed by atoms with E-state index in [1.807, 2.05) is 18.2 Å². The normalized spacial score (nSPS) is 19.7. The lowest BCUT2D eigenvalue weighted by molar-refractivity contribution is 0.185. The van der Waals surface area contributed by atoms with Gasteiger partial charge in [-0.15, -0.1) is 0 Å². The number of aromatic nitrogens is 1. The van der Waals surface area contributed by atoms with Gasteiger partial charge in [-0.1, -0.05) is 6.07 Å². The highest BCUT2D eigenvalue weighted by Crippen LogP contribution is 2.16. The minimum Gasteiger partial charge on any atom is -0.381 e. The Labute approximate surface area is 95.4 Å². The molecule has 0 aromatic carbocycles. The number of ether oxygens (including phenoxy) is 1. The van der Waals surface area contributed by atoms with Crippen LogP contribution in [-0.2, 0) is 4.74 Å². The third-order valence-electron chi connectivity index (χ3n) is 2.78. The highest BCUT2D eigenvalue weighted by Gasteiger charge is 2.14. The summed E-state index contributed by atoms with van der Waals surface area (Å²) < 4.78 is 5.33. The zero-order valence-corrected chi connectivity index (χ0v) is 9.28. The van der Waals surface area contributed by atoms with Crippen molar-refractivity contribution in [2.75, 3.05) is 30.5 Å². The number of nitrogens with two attached hydrogens (primary N) is 1. The lowest BCUT2D eigenvalue weighted by atomic mass is 10.1. The van der Waals surface area contributed by atoms with Gasteiger partial charge in [-0.2, -0.15) is 0 Å². The molecule has 1 unspecified atom stereocenters. The first-order chi connectivity index (χ1) is 7.88. The van der Waals surface area contributed by atoms with Gasteiger partial charge in [0.25, 0.3) is 0 Å². The molecule has 0 spiro atoms. The number of nitrogens with zero attached hydrogens (tertiary/aromatic N) is 1. The molecule has 0 radical (unpaired) electrons. The Bertz CT molecular complexity index is 326. The second-order valence-corrected chi connectivity index (χ2v) is 4.00. The molecule has 1 aromatic rings. The first-order valence-corrected chi connectivity index (χ1v) is 5.64. The number of rotatable bonds is 5. The number of nitrogens with one attached hydrogen (secondary N) is 2. The van der Waals surface area contributed by atoms with Crippen molar-refractivity contribution in [2.24, 2.45) is 11.8 Å². The summed E-state index contributed by atoms with van der Waals surface area (Å²) in [6.07, 6.45) is 2.31. The number of hydrogen-bond donors (Lipinski definition) is 3. The van der Waals surface area contributed by atoms with Crippen LogP contribution in [0, 0.1) is 5.92 Å². The van der Waals surface area contributed by atoms with Gasteiger partial charge >= 0.3 is 0 Å². The van der Waals surface area contributed by atoms with Crippen LogP contribution in [0.2, 0.25) is 0 Å². The van der Waals surface area contributed by atoms with E-state index in [9.17, 15) is 0 Å². The molecular formula is C11H18N4O. The zero-order chi connectivity index (χ0) is 11.2. The van der Waals surface area contributed by atoms with Crippen LogP contribution < -0.4 is 16.6 Å². The van der Waals surface area contributed by atoms with E-state index in [0.29, 0.717) is 11.7 Å². The van der Waals surface area contributed by atoms with E-state index in [2.05, 4.69) is 15.7 Å². The van der Waals surface area contributed by atoms with Gasteiger partial charge < -0.3 is 15.5 Å². The van der Waals surface area contributed by atoms with E-state index in [4.69, 9.17) is 10.6 Å². The first kappa shape index (κ1) is 11.2. The van der Waals surface area contributed by atoms with Crippen LogP contribution >= 0.6 is 0 Å². The van der Waals surface area contributed by atoms with Crippen LogP contribution in [0.3, 0.4) is 0 Å². The van der Waals surface area contributed by atoms with Gasteiger partial charge in [0.2, 0.25) is 0 Å². The minimum atomic E-state index is 0.675. The Morgan fingerprint density at radius 2 is 2.31 bits per heavy atom.